The highest BCUT2D eigenvalue weighted by Crippen LogP contribution is 2.28. The predicted octanol–water partition coefficient (Wildman–Crippen LogP) is 6.47. The van der Waals surface area contributed by atoms with E-state index >= 15 is 0 Å². The molecule has 0 aliphatic carbocycles. The summed E-state index contributed by atoms with van der Waals surface area (Å²) < 4.78 is 8.61. The number of aromatic nitrogens is 2. The Morgan fingerprint density at radius 1 is 1.22 bits per heavy atom. The number of nitrogens with two attached hydrogens (primary N) is 1. The van der Waals surface area contributed by atoms with Crippen molar-refractivity contribution in [1.29, 1.82) is 0 Å². The number of rotatable bonds is 10. The molecule has 3 N–H and O–H groups in total. The summed E-state index contributed by atoms with van der Waals surface area (Å²) in [6, 6.07) is 17.4. The van der Waals surface area contributed by atoms with E-state index in [9.17, 15) is 4.79 Å². The van der Waals surface area contributed by atoms with E-state index < -0.39 is 0 Å². The van der Waals surface area contributed by atoms with E-state index in [1.54, 1.807) is 18.2 Å². The van der Waals surface area contributed by atoms with E-state index in [1.165, 1.54) is 0 Å². The molecule has 0 saturated heterocycles. The van der Waals surface area contributed by atoms with Crippen LogP contribution < -0.4 is 15.8 Å². The summed E-state index contributed by atoms with van der Waals surface area (Å²) in [5.74, 6) is 0.550. The second-order valence-electron chi connectivity index (χ2n) is 9.16. The Labute approximate surface area is 235 Å². The SMILES string of the molecule is CC(C)Oc1ccc(C(=O)C[C@H](CNC(N)=S)Cc2ccc(-c3cn4cccc(Br)c4n3)cc2)cc1Cl. The molecule has 1 atom stereocenters. The van der Waals surface area contributed by atoms with Crippen molar-refractivity contribution in [2.45, 2.75) is 32.8 Å². The van der Waals surface area contributed by atoms with Crippen LogP contribution in [0.25, 0.3) is 16.9 Å². The van der Waals surface area contributed by atoms with E-state index in [4.69, 9.17) is 39.3 Å². The second kappa shape index (κ2) is 12.1. The van der Waals surface area contributed by atoms with E-state index in [0.29, 0.717) is 35.7 Å². The molecule has 0 fully saturated rings. The maximum absolute atomic E-state index is 13.1. The average molecular weight is 600 g/mol. The van der Waals surface area contributed by atoms with Crippen LogP contribution in [0, 0.1) is 5.92 Å². The topological polar surface area (TPSA) is 81.6 Å². The lowest BCUT2D eigenvalue weighted by Gasteiger charge is -2.18. The summed E-state index contributed by atoms with van der Waals surface area (Å²) in [5.41, 5.74) is 10.1. The predicted molar refractivity (Wildman–Crippen MR) is 156 cm³/mol. The summed E-state index contributed by atoms with van der Waals surface area (Å²) >= 11 is 14.9. The first-order valence-corrected chi connectivity index (χ1v) is 13.5. The summed E-state index contributed by atoms with van der Waals surface area (Å²) in [6.45, 7) is 4.35. The monoisotopic (exact) mass is 598 g/mol. The number of carbonyl (C=O) groups excluding carboxylic acids is 1. The van der Waals surface area contributed by atoms with Gasteiger partial charge in [0.05, 0.1) is 21.3 Å². The Morgan fingerprint density at radius 2 is 1.97 bits per heavy atom. The van der Waals surface area contributed by atoms with Gasteiger partial charge >= 0.3 is 0 Å². The lowest BCUT2D eigenvalue weighted by molar-refractivity contribution is 0.0961. The van der Waals surface area contributed by atoms with Gasteiger partial charge in [-0.1, -0.05) is 35.9 Å². The minimum absolute atomic E-state index is 0.000339. The van der Waals surface area contributed by atoms with Crippen LogP contribution in [0.2, 0.25) is 5.02 Å². The number of pyridine rings is 1. The molecule has 0 aliphatic rings. The molecule has 192 valence electrons. The molecule has 2 aromatic carbocycles. The van der Waals surface area contributed by atoms with Crippen LogP contribution in [0.1, 0.15) is 36.2 Å². The minimum atomic E-state index is -0.0173. The Balaban J connectivity index is 1.48. The number of nitrogens with zero attached hydrogens (tertiary/aromatic N) is 2. The average Bonchev–Trinajstić information content (AvgIpc) is 3.30. The second-order valence-corrected chi connectivity index (χ2v) is 10.9. The molecule has 0 saturated carbocycles. The summed E-state index contributed by atoms with van der Waals surface area (Å²) in [6.07, 6.45) is 4.97. The largest absolute Gasteiger partial charge is 0.489 e. The van der Waals surface area contributed by atoms with Gasteiger partial charge in [0.25, 0.3) is 0 Å². The number of thiocarbonyl (C=S) groups is 1. The number of benzene rings is 2. The number of carbonyl (C=O) groups is 1. The lowest BCUT2D eigenvalue weighted by atomic mass is 9.91. The van der Waals surface area contributed by atoms with Crippen molar-refractivity contribution in [3.63, 3.8) is 0 Å². The van der Waals surface area contributed by atoms with Crippen molar-refractivity contribution in [1.82, 2.24) is 14.7 Å². The van der Waals surface area contributed by atoms with Gasteiger partial charge in [-0.05, 0) is 90.2 Å². The molecule has 0 bridgehead atoms. The number of hydrogen-bond donors (Lipinski definition) is 2. The molecule has 4 rings (SSSR count). The Morgan fingerprint density at radius 3 is 2.62 bits per heavy atom. The van der Waals surface area contributed by atoms with Crippen molar-refractivity contribution < 1.29 is 9.53 Å². The molecule has 0 amide bonds. The van der Waals surface area contributed by atoms with Crippen LogP contribution in [-0.4, -0.2) is 32.9 Å². The van der Waals surface area contributed by atoms with Gasteiger partial charge in [-0.2, -0.15) is 0 Å². The molecule has 4 aromatic rings. The summed E-state index contributed by atoms with van der Waals surface area (Å²) in [4.78, 5) is 17.9. The van der Waals surface area contributed by atoms with Crippen molar-refractivity contribution in [3.8, 4) is 17.0 Å². The van der Waals surface area contributed by atoms with Crippen LogP contribution in [0.4, 0.5) is 0 Å². The first kappa shape index (κ1) is 27.1. The number of nitrogens with one attached hydrogen (secondary N) is 1. The van der Waals surface area contributed by atoms with E-state index in [2.05, 4.69) is 45.5 Å². The number of halogens is 2. The number of hydrogen-bond acceptors (Lipinski definition) is 4. The minimum Gasteiger partial charge on any atom is -0.489 e. The number of Topliss-reactive ketones (excluding diaryl/α,β-unsaturated/α-hetero) is 1. The Hall–Kier alpha value is -2.94. The maximum atomic E-state index is 13.1. The number of fused-ring (bicyclic) bond motifs is 1. The highest BCUT2D eigenvalue weighted by molar-refractivity contribution is 9.10. The van der Waals surface area contributed by atoms with Crippen molar-refractivity contribution in [2.24, 2.45) is 11.7 Å². The molecule has 0 radical (unpaired) electrons. The summed E-state index contributed by atoms with van der Waals surface area (Å²) in [5, 5.41) is 3.65. The zero-order valence-corrected chi connectivity index (χ0v) is 23.7. The van der Waals surface area contributed by atoms with Crippen LogP contribution in [-0.2, 0) is 6.42 Å². The van der Waals surface area contributed by atoms with E-state index in [1.807, 2.05) is 42.8 Å². The molecular formula is C28H28BrClN4O2S. The van der Waals surface area contributed by atoms with Crippen LogP contribution in [0.3, 0.4) is 0 Å². The summed E-state index contributed by atoms with van der Waals surface area (Å²) in [7, 11) is 0. The van der Waals surface area contributed by atoms with Gasteiger partial charge in [-0.3, -0.25) is 4.79 Å². The number of ether oxygens (including phenoxy) is 1. The van der Waals surface area contributed by atoms with Crippen molar-refractivity contribution in [2.75, 3.05) is 6.54 Å². The first-order valence-electron chi connectivity index (χ1n) is 11.9. The van der Waals surface area contributed by atoms with Gasteiger partial charge in [0.1, 0.15) is 5.75 Å². The fraction of sp³-hybridized carbons (Fsp3) is 0.250. The Kier molecular flexibility index (Phi) is 8.84. The third-order valence-corrected chi connectivity index (χ3v) is 6.92. The van der Waals surface area contributed by atoms with Crippen molar-refractivity contribution >= 4 is 56.3 Å². The van der Waals surface area contributed by atoms with Gasteiger partial charge in [-0.25, -0.2) is 4.98 Å². The molecule has 2 heterocycles. The molecule has 6 nitrogen and oxygen atoms in total. The number of ketones is 1. The maximum Gasteiger partial charge on any atom is 0.163 e. The zero-order valence-electron chi connectivity index (χ0n) is 20.6. The third kappa shape index (κ3) is 7.09. The standard InChI is InChI=1S/C28H28BrClN4O2S/c1-17(2)36-26-10-9-21(14-23(26)30)25(35)13-19(15-32-28(31)37)12-18-5-7-20(8-6-18)24-16-34-11-3-4-22(29)27(34)33-24/h3-11,14,16-17,19H,12-13,15H2,1-2H3,(H3,31,32,37)/t19-/m1/s1. The fourth-order valence-electron chi connectivity index (χ4n) is 4.13. The molecule has 0 unspecified atom stereocenters. The third-order valence-electron chi connectivity index (χ3n) is 5.86. The highest BCUT2D eigenvalue weighted by Gasteiger charge is 2.18. The van der Waals surface area contributed by atoms with Gasteiger partial charge in [-0.15, -0.1) is 0 Å². The Bertz CT molecular complexity index is 1420. The van der Waals surface area contributed by atoms with Crippen LogP contribution in [0.15, 0.2) is 71.5 Å². The van der Waals surface area contributed by atoms with Gasteiger partial charge < -0.3 is 20.2 Å². The molecule has 0 spiro atoms. The first-order chi connectivity index (χ1) is 17.7. The highest BCUT2D eigenvalue weighted by atomic mass is 79.9. The fourth-order valence-corrected chi connectivity index (χ4v) is 4.88. The lowest BCUT2D eigenvalue weighted by Crippen LogP contribution is -2.34. The smallest absolute Gasteiger partial charge is 0.163 e. The van der Waals surface area contributed by atoms with Gasteiger partial charge in [0, 0.05) is 36.5 Å². The van der Waals surface area contributed by atoms with Crippen LogP contribution in [0.5, 0.6) is 5.75 Å². The molecule has 0 aliphatic heterocycles. The number of imidazole rings is 1. The molecular weight excluding hydrogens is 572 g/mol. The van der Waals surface area contributed by atoms with E-state index in [-0.39, 0.29) is 22.9 Å². The van der Waals surface area contributed by atoms with Crippen molar-refractivity contribution in [3.05, 3.63) is 87.6 Å². The van der Waals surface area contributed by atoms with Gasteiger partial charge in [0.15, 0.2) is 16.5 Å². The molecule has 37 heavy (non-hydrogen) atoms. The van der Waals surface area contributed by atoms with Crippen LogP contribution >= 0.6 is 39.7 Å². The molecule has 2 aromatic heterocycles. The quantitative estimate of drug-likeness (QED) is 0.161. The zero-order chi connectivity index (χ0) is 26.5. The molecule has 9 heteroatoms. The van der Waals surface area contributed by atoms with E-state index in [0.717, 1.165) is 26.9 Å². The van der Waals surface area contributed by atoms with Gasteiger partial charge in [0.2, 0.25) is 0 Å². The normalized spacial score (nSPS) is 12.0.